The molecule has 24 atom stereocenters. The minimum absolute atomic E-state index is 0. The Morgan fingerprint density at radius 1 is 0.495 bits per heavy atom. The van der Waals surface area contributed by atoms with Gasteiger partial charge in [0.25, 0.3) is 0 Å². The van der Waals surface area contributed by atoms with Crippen LogP contribution in [-0.2, 0) is 27.5 Å². The molecule has 3 heterocycles. The smallest absolute Gasteiger partial charge is 0.156 e. The molecular weight excluding hydrogens is 1220 g/mol. The molecule has 0 aliphatic heterocycles. The highest BCUT2D eigenvalue weighted by Gasteiger charge is 2.65. The quantitative estimate of drug-likeness (QED) is 0.160. The molecule has 3 aromatic rings. The third-order valence-corrected chi connectivity index (χ3v) is 31.7. The van der Waals surface area contributed by atoms with Crippen molar-refractivity contribution in [1.29, 1.82) is 0 Å². The van der Waals surface area contributed by atoms with E-state index in [1.54, 1.807) is 25.0 Å². The second-order valence-corrected chi connectivity index (χ2v) is 36.7. The minimum atomic E-state index is -0.462. The van der Waals surface area contributed by atoms with Crippen LogP contribution in [-0.4, -0.2) is 83.9 Å². The highest BCUT2D eigenvalue weighted by atomic mass is 79.9. The van der Waals surface area contributed by atoms with E-state index in [1.807, 2.05) is 63.1 Å². The monoisotopic (exact) mass is 1350 g/mol. The Balaban J connectivity index is 0.000000145. The first-order valence-corrected chi connectivity index (χ1v) is 38.2. The van der Waals surface area contributed by atoms with Crippen LogP contribution < -0.4 is 0 Å². The minimum Gasteiger partial charge on any atom is -0.390 e. The topological polar surface area (TPSA) is 176 Å². The van der Waals surface area contributed by atoms with E-state index < -0.39 is 16.8 Å². The molecular formula is C80H129BrN6O6. The van der Waals surface area contributed by atoms with Crippen molar-refractivity contribution >= 4 is 33.3 Å². The summed E-state index contributed by atoms with van der Waals surface area (Å²) in [6, 6.07) is 0. The number of halogens is 1. The van der Waals surface area contributed by atoms with E-state index >= 15 is 0 Å². The number of rotatable bonds is 8. The Morgan fingerprint density at radius 2 is 0.882 bits per heavy atom. The second kappa shape index (κ2) is 26.9. The number of hydrogen-bond acceptors (Lipinski definition) is 9. The molecule has 12 aliphatic carbocycles. The van der Waals surface area contributed by atoms with Gasteiger partial charge in [-0.2, -0.15) is 0 Å². The first-order chi connectivity index (χ1) is 42.9. The number of aryl methyl sites for hydroxylation is 3. The molecule has 15 rings (SSSR count). The van der Waals surface area contributed by atoms with Gasteiger partial charge in [0.1, 0.15) is 11.6 Å². The van der Waals surface area contributed by atoms with Crippen LogP contribution in [0.1, 0.15) is 268 Å². The summed E-state index contributed by atoms with van der Waals surface area (Å²) < 4.78 is 3.99. The lowest BCUT2D eigenvalue weighted by atomic mass is 9.44. The van der Waals surface area contributed by atoms with Crippen LogP contribution in [0, 0.1) is 142 Å². The van der Waals surface area contributed by atoms with Gasteiger partial charge in [0, 0.05) is 48.2 Å². The van der Waals surface area contributed by atoms with E-state index in [0.29, 0.717) is 81.6 Å². The number of H-pyrrole nitrogens is 1. The van der Waals surface area contributed by atoms with Crippen molar-refractivity contribution in [3.8, 4) is 0 Å². The van der Waals surface area contributed by atoms with Gasteiger partial charge in [-0.15, -0.1) is 0 Å². The molecule has 0 spiro atoms. The lowest BCUT2D eigenvalue weighted by Crippen LogP contribution is -2.55. The van der Waals surface area contributed by atoms with Crippen LogP contribution in [0.25, 0.3) is 0 Å². The van der Waals surface area contributed by atoms with Crippen LogP contribution in [0.3, 0.4) is 0 Å². The molecule has 3 aromatic heterocycles. The molecule has 13 heteroatoms. The van der Waals surface area contributed by atoms with E-state index in [1.165, 1.54) is 116 Å². The molecule has 0 saturated heterocycles. The van der Waals surface area contributed by atoms with E-state index in [9.17, 15) is 29.7 Å². The van der Waals surface area contributed by atoms with Crippen LogP contribution in [0.4, 0.5) is 0 Å². The molecule has 4 N–H and O–H groups in total. The number of alkyl halides is 1. The summed E-state index contributed by atoms with van der Waals surface area (Å²) >= 11 is 3.43. The molecule has 12 fully saturated rings. The standard InChI is InChI=1S/2C26H40N2O2.C22H35BrO2.C4H6N2.2CH4/c1-17-14-28(16-27-17)15-23(29)22-8-7-20-19-6-5-18-13-24(2,30)11-12-25(18,3)21(19)9-10-26(20,22)4;1-17-27-13-14-28(17)16-23(29)22-8-7-20-19-6-5-18-15-24(2,30)11-12-25(18,3)21(19)9-10-26(20,22)4;1-20(25)10-11-21(2)14(12-20)4-5-15-16-6-7-18(19(24)13-23)22(16,3)9-8-17(15)21;1-4-2-5-3-6-4;;/h14,16,18-22,30H,5-13,15H2,1-4H3;13-14,18-22,30H,5-12,15-16H2,1-4H3;14-18,25H,4-13H2,1-3H3;2-3H,1H3,(H,5,6);2*1H4/t2*18-,19-,20-,21-,22+,24+,25-,26-;14-,15-,16-,17-,18+,20+,21-,22-;;;/m000.../s1. The summed E-state index contributed by atoms with van der Waals surface area (Å²) in [5, 5.41) is 32.5. The SMILES string of the molecule is C.C.C[C@@]1(O)CC[C@@]2(C)[C@@H](CC[C@@H]3[C@@H]2CC[C@]2(C)[C@@H](C(=O)CBr)CC[C@@H]32)C1.Cc1cn(CC(=O)[C@H]2CC[C@H]3[C@@H]4CC[C@H]5C[C@](C)(O)CC[C@]5(C)[C@H]4CC[C@]23C)cn1.Cc1cnc[nH]1.Cc1nccn1CC(=O)[C@H]1CC[C@H]2[C@@H]3CC[C@H]4C[C@](C)(O)CC[C@]4(C)[C@H]3CC[C@]12C. The van der Waals surface area contributed by atoms with E-state index in [4.69, 9.17) is 0 Å². The van der Waals surface area contributed by atoms with Gasteiger partial charge in [0.05, 0.1) is 53.6 Å². The highest BCUT2D eigenvalue weighted by molar-refractivity contribution is 9.09. The number of aliphatic hydroxyl groups is 3. The summed E-state index contributed by atoms with van der Waals surface area (Å²) in [5.74, 6) is 11.9. The fraction of sp³-hybridized carbons (Fsp3) is 0.850. The number of Topliss-reactive ketones (excluding diaryl/α,β-unsaturated/α-hetero) is 3. The fourth-order valence-corrected chi connectivity index (χ4v) is 26.4. The molecule has 12 nitrogen and oxygen atoms in total. The third-order valence-electron chi connectivity index (χ3n) is 31.1. The Kier molecular flexibility index (Phi) is 21.1. The van der Waals surface area contributed by atoms with Gasteiger partial charge < -0.3 is 29.4 Å². The summed E-state index contributed by atoms with van der Waals surface area (Å²) in [7, 11) is 0. The van der Waals surface area contributed by atoms with E-state index in [2.05, 4.69) is 77.4 Å². The van der Waals surface area contributed by atoms with Crippen LogP contribution >= 0.6 is 15.9 Å². The summed E-state index contributed by atoms with van der Waals surface area (Å²) in [5.41, 5.74) is 2.53. The predicted molar refractivity (Wildman–Crippen MR) is 377 cm³/mol. The van der Waals surface area contributed by atoms with Crippen LogP contribution in [0.2, 0.25) is 0 Å². The number of aromatic nitrogens is 6. The molecule has 522 valence electrons. The average molecular weight is 1350 g/mol. The molecule has 0 aromatic carbocycles. The van der Waals surface area contributed by atoms with Crippen molar-refractivity contribution in [1.82, 2.24) is 29.1 Å². The predicted octanol–water partition coefficient (Wildman–Crippen LogP) is 17.7. The van der Waals surface area contributed by atoms with Gasteiger partial charge in [-0.05, 0) is 318 Å². The van der Waals surface area contributed by atoms with Gasteiger partial charge in [-0.1, -0.05) is 72.3 Å². The van der Waals surface area contributed by atoms with E-state index in [0.717, 1.165) is 116 Å². The van der Waals surface area contributed by atoms with Crippen LogP contribution in [0.15, 0.2) is 37.4 Å². The van der Waals surface area contributed by atoms with Gasteiger partial charge in [-0.25, -0.2) is 15.0 Å². The zero-order valence-electron chi connectivity index (χ0n) is 58.5. The van der Waals surface area contributed by atoms with Gasteiger partial charge >= 0.3 is 0 Å². The van der Waals surface area contributed by atoms with Crippen molar-refractivity contribution in [3.63, 3.8) is 0 Å². The number of fused-ring (bicyclic) bond motifs is 15. The van der Waals surface area contributed by atoms with Crippen molar-refractivity contribution in [2.24, 2.45) is 121 Å². The molecule has 93 heavy (non-hydrogen) atoms. The third kappa shape index (κ3) is 13.3. The van der Waals surface area contributed by atoms with Gasteiger partial charge in [0.2, 0.25) is 0 Å². The van der Waals surface area contributed by atoms with Crippen molar-refractivity contribution < 1.29 is 29.7 Å². The zero-order valence-corrected chi connectivity index (χ0v) is 60.1. The molecule has 0 bridgehead atoms. The Hall–Kier alpha value is -3.00. The fourth-order valence-electron chi connectivity index (χ4n) is 26.0. The first kappa shape index (κ1) is 72.7. The zero-order chi connectivity index (χ0) is 65.1. The Bertz CT molecular complexity index is 3080. The maximum atomic E-state index is 13.4. The maximum absolute atomic E-state index is 13.4. The molecule has 12 saturated carbocycles. The average Bonchev–Trinajstić information content (AvgIpc) is 1.71. The first-order valence-electron chi connectivity index (χ1n) is 37.1. The largest absolute Gasteiger partial charge is 0.390 e. The number of ketones is 3. The summed E-state index contributed by atoms with van der Waals surface area (Å²) in [6.07, 6.45) is 42.7. The molecule has 12 aliphatic rings. The maximum Gasteiger partial charge on any atom is 0.156 e. The highest BCUT2D eigenvalue weighted by Crippen LogP contribution is 2.72. The number of nitrogens with zero attached hydrogens (tertiary/aromatic N) is 5. The Labute approximate surface area is 571 Å². The van der Waals surface area contributed by atoms with Crippen molar-refractivity contribution in [3.05, 3.63) is 54.7 Å². The number of hydrogen-bond donors (Lipinski definition) is 4. The van der Waals surface area contributed by atoms with Crippen molar-refractivity contribution in [2.75, 3.05) is 5.33 Å². The van der Waals surface area contributed by atoms with Crippen molar-refractivity contribution in [2.45, 2.75) is 301 Å². The lowest BCUT2D eigenvalue weighted by molar-refractivity contribution is -0.151. The number of nitrogens with one attached hydrogen (secondary N) is 1. The lowest BCUT2D eigenvalue weighted by Gasteiger charge is -2.61. The van der Waals surface area contributed by atoms with Crippen LogP contribution in [0.5, 0.6) is 0 Å². The molecule has 0 unspecified atom stereocenters. The number of aromatic amines is 1. The van der Waals surface area contributed by atoms with Gasteiger partial charge in [-0.3, -0.25) is 14.4 Å². The molecule has 0 radical (unpaired) electrons. The number of carbonyl (C=O) groups excluding carboxylic acids is 3. The normalized spacial score (nSPS) is 46.3. The second-order valence-electron chi connectivity index (χ2n) is 36.2. The summed E-state index contributed by atoms with van der Waals surface area (Å²) in [6.45, 7) is 28.0. The van der Waals surface area contributed by atoms with E-state index in [-0.39, 0.29) is 48.9 Å². The number of carbonyl (C=O) groups is 3. The van der Waals surface area contributed by atoms with Gasteiger partial charge in [0.15, 0.2) is 11.6 Å². The Morgan fingerprint density at radius 3 is 1.20 bits per heavy atom. The molecule has 0 amide bonds. The number of imidazole rings is 3. The summed E-state index contributed by atoms with van der Waals surface area (Å²) in [4.78, 5) is 54.5.